The fourth-order valence-corrected chi connectivity index (χ4v) is 5.06. The van der Waals surface area contributed by atoms with Gasteiger partial charge in [0.25, 0.3) is 0 Å². The second kappa shape index (κ2) is 13.1. The van der Waals surface area contributed by atoms with E-state index in [0.717, 1.165) is 40.5 Å². The van der Waals surface area contributed by atoms with E-state index in [1.807, 2.05) is 36.4 Å². The van der Waals surface area contributed by atoms with Crippen LogP contribution in [0.5, 0.6) is 0 Å². The van der Waals surface area contributed by atoms with Gasteiger partial charge in [-0.3, -0.25) is 9.59 Å². The molecule has 0 fully saturated rings. The Morgan fingerprint density at radius 2 is 1.52 bits per heavy atom. The minimum Gasteiger partial charge on any atom is -0.337 e. The Labute approximate surface area is 211 Å². The molecule has 1 aliphatic rings. The van der Waals surface area contributed by atoms with Crippen LogP contribution < -0.4 is 10.2 Å². The molecule has 0 saturated carbocycles. The van der Waals surface area contributed by atoms with Crippen molar-refractivity contribution in [1.82, 2.24) is 5.32 Å². The molecule has 2 amide bonds. The van der Waals surface area contributed by atoms with E-state index in [0.29, 0.717) is 11.6 Å². The number of nitrogens with one attached hydrogen (secondary N) is 1. The molecule has 0 bridgehead atoms. The van der Waals surface area contributed by atoms with Crippen LogP contribution in [-0.2, 0) is 9.59 Å². The van der Waals surface area contributed by atoms with Gasteiger partial charge in [0.1, 0.15) is 0 Å². The van der Waals surface area contributed by atoms with Crippen LogP contribution in [0.25, 0.3) is 0 Å². The summed E-state index contributed by atoms with van der Waals surface area (Å²) in [4.78, 5) is 27.5. The highest BCUT2D eigenvalue weighted by Crippen LogP contribution is 2.37. The Morgan fingerprint density at radius 3 is 2.18 bits per heavy atom. The predicted octanol–water partition coefficient (Wildman–Crippen LogP) is 7.58. The summed E-state index contributed by atoms with van der Waals surface area (Å²) in [5, 5.41) is 3.46. The lowest BCUT2D eigenvalue weighted by Crippen LogP contribution is -2.41. The zero-order chi connectivity index (χ0) is 23.6. The van der Waals surface area contributed by atoms with Gasteiger partial charge >= 0.3 is 11.8 Å². The lowest BCUT2D eigenvalue weighted by Gasteiger charge is -2.24. The lowest BCUT2D eigenvalue weighted by molar-refractivity contribution is -0.137. The Hall–Kier alpha value is -1.85. The minimum absolute atomic E-state index is 0.486. The van der Waals surface area contributed by atoms with Crippen LogP contribution in [0.4, 0.5) is 5.69 Å². The van der Waals surface area contributed by atoms with Gasteiger partial charge < -0.3 is 10.2 Å². The maximum Gasteiger partial charge on any atom is 0.316 e. The van der Waals surface area contributed by atoms with E-state index in [1.165, 1.54) is 44.9 Å². The van der Waals surface area contributed by atoms with Gasteiger partial charge in [0, 0.05) is 27.3 Å². The number of hydrogen-bond donors (Lipinski definition) is 1. The maximum atomic E-state index is 13.0. The fraction of sp³-hybridized carbons (Fsp3) is 0.481. The van der Waals surface area contributed by atoms with Crippen molar-refractivity contribution in [2.75, 3.05) is 11.4 Å². The Bertz CT molecular complexity index is 949. The summed E-state index contributed by atoms with van der Waals surface area (Å²) in [6.45, 7) is 2.78. The number of nitrogens with zero attached hydrogens (tertiary/aromatic N) is 1. The number of amides is 2. The third kappa shape index (κ3) is 7.07. The number of halogens is 2. The Balaban J connectivity index is 1.66. The summed E-state index contributed by atoms with van der Waals surface area (Å²) in [6, 6.07) is 12.7. The number of anilines is 1. The highest BCUT2D eigenvalue weighted by molar-refractivity contribution is 9.10. The average molecular weight is 534 g/mol. The SMILES string of the molecule is CCCCCCCCCCCCN1C(=O)C(=O)NC(c2ccccc2Cl)c2cc(Br)ccc21. The number of unbranched alkanes of at least 4 members (excludes halogenated alkanes) is 9. The molecule has 0 aliphatic carbocycles. The molecule has 2 aromatic carbocycles. The van der Waals surface area contributed by atoms with E-state index < -0.39 is 17.9 Å². The van der Waals surface area contributed by atoms with Crippen LogP contribution in [-0.4, -0.2) is 18.4 Å². The topological polar surface area (TPSA) is 49.4 Å². The first-order valence-corrected chi connectivity index (χ1v) is 13.4. The number of hydrogen-bond acceptors (Lipinski definition) is 2. The molecule has 0 spiro atoms. The molecule has 4 nitrogen and oxygen atoms in total. The normalized spacial score (nSPS) is 15.8. The van der Waals surface area contributed by atoms with Crippen molar-refractivity contribution < 1.29 is 9.59 Å². The average Bonchev–Trinajstić information content (AvgIpc) is 2.90. The van der Waals surface area contributed by atoms with Gasteiger partial charge in [0.15, 0.2) is 0 Å². The van der Waals surface area contributed by atoms with Crippen molar-refractivity contribution in [3.8, 4) is 0 Å². The molecule has 178 valence electrons. The monoisotopic (exact) mass is 532 g/mol. The number of fused-ring (bicyclic) bond motifs is 1. The second-order valence-electron chi connectivity index (χ2n) is 8.77. The summed E-state index contributed by atoms with van der Waals surface area (Å²) >= 11 is 10.00. The van der Waals surface area contributed by atoms with Crippen molar-refractivity contribution in [3.63, 3.8) is 0 Å². The summed E-state index contributed by atoms with van der Waals surface area (Å²) < 4.78 is 0.890. The Kier molecular flexibility index (Phi) is 10.3. The second-order valence-corrected chi connectivity index (χ2v) is 10.1. The van der Waals surface area contributed by atoms with Crippen LogP contribution in [0.1, 0.15) is 88.3 Å². The molecule has 3 rings (SSSR count). The van der Waals surface area contributed by atoms with Gasteiger partial charge in [0.2, 0.25) is 0 Å². The van der Waals surface area contributed by atoms with Crippen molar-refractivity contribution in [3.05, 3.63) is 63.1 Å². The summed E-state index contributed by atoms with van der Waals surface area (Å²) in [5.74, 6) is -1.11. The van der Waals surface area contributed by atoms with Crippen LogP contribution >= 0.6 is 27.5 Å². The summed E-state index contributed by atoms with van der Waals surface area (Å²) in [7, 11) is 0. The van der Waals surface area contributed by atoms with Crippen molar-refractivity contribution in [2.24, 2.45) is 0 Å². The van der Waals surface area contributed by atoms with Crippen LogP contribution in [0.2, 0.25) is 5.02 Å². The Morgan fingerprint density at radius 1 is 0.879 bits per heavy atom. The fourth-order valence-electron chi connectivity index (χ4n) is 4.44. The summed E-state index contributed by atoms with van der Waals surface area (Å²) in [6.07, 6.45) is 12.2. The molecule has 1 N–H and O–H groups in total. The molecular weight excluding hydrogens is 500 g/mol. The van der Waals surface area contributed by atoms with Crippen LogP contribution in [0, 0.1) is 0 Å². The zero-order valence-electron chi connectivity index (χ0n) is 19.4. The molecule has 1 atom stereocenters. The van der Waals surface area contributed by atoms with E-state index in [1.54, 1.807) is 11.0 Å². The third-order valence-electron chi connectivity index (χ3n) is 6.26. The summed E-state index contributed by atoms with van der Waals surface area (Å²) in [5.41, 5.74) is 2.41. The van der Waals surface area contributed by atoms with E-state index in [9.17, 15) is 9.59 Å². The number of benzene rings is 2. The van der Waals surface area contributed by atoms with Crippen LogP contribution in [0.15, 0.2) is 46.9 Å². The lowest BCUT2D eigenvalue weighted by atomic mass is 9.97. The number of carbonyl (C=O) groups is 2. The maximum absolute atomic E-state index is 13.0. The molecule has 0 saturated heterocycles. The number of carbonyl (C=O) groups excluding carboxylic acids is 2. The quantitative estimate of drug-likeness (QED) is 0.226. The highest BCUT2D eigenvalue weighted by atomic mass is 79.9. The molecule has 1 aliphatic heterocycles. The van der Waals surface area contributed by atoms with E-state index in [2.05, 4.69) is 28.2 Å². The van der Waals surface area contributed by atoms with Gasteiger partial charge in [-0.25, -0.2) is 0 Å². The van der Waals surface area contributed by atoms with Crippen molar-refractivity contribution >= 4 is 45.0 Å². The highest BCUT2D eigenvalue weighted by Gasteiger charge is 2.34. The van der Waals surface area contributed by atoms with Crippen molar-refractivity contribution in [1.29, 1.82) is 0 Å². The van der Waals surface area contributed by atoms with Gasteiger partial charge in [-0.05, 0) is 36.2 Å². The first kappa shape index (κ1) is 25.8. The molecule has 33 heavy (non-hydrogen) atoms. The van der Waals surface area contributed by atoms with Crippen LogP contribution in [0.3, 0.4) is 0 Å². The van der Waals surface area contributed by atoms with E-state index >= 15 is 0 Å². The molecular formula is C27H34BrClN2O2. The first-order chi connectivity index (χ1) is 16.0. The minimum atomic E-state index is -0.598. The third-order valence-corrected chi connectivity index (χ3v) is 7.10. The smallest absolute Gasteiger partial charge is 0.316 e. The standard InChI is InChI=1S/C27H34BrClN2O2/c1-2-3-4-5-6-7-8-9-10-13-18-31-24-17-16-20(28)19-22(24)25(30-26(32)27(31)33)21-14-11-12-15-23(21)29/h11-12,14-17,19,25H,2-10,13,18H2,1H3,(H,30,32). The van der Waals surface area contributed by atoms with Gasteiger partial charge in [0.05, 0.1) is 6.04 Å². The predicted molar refractivity (Wildman–Crippen MR) is 140 cm³/mol. The van der Waals surface area contributed by atoms with Gasteiger partial charge in [-0.15, -0.1) is 0 Å². The van der Waals surface area contributed by atoms with E-state index in [4.69, 9.17) is 11.6 Å². The zero-order valence-corrected chi connectivity index (χ0v) is 21.8. The molecule has 0 aromatic heterocycles. The number of rotatable bonds is 12. The molecule has 1 heterocycles. The largest absolute Gasteiger partial charge is 0.337 e. The van der Waals surface area contributed by atoms with Gasteiger partial charge in [-0.2, -0.15) is 0 Å². The van der Waals surface area contributed by atoms with Crippen molar-refractivity contribution in [2.45, 2.75) is 77.2 Å². The molecule has 1 unspecified atom stereocenters. The molecule has 6 heteroatoms. The molecule has 2 aromatic rings. The van der Waals surface area contributed by atoms with Gasteiger partial charge in [-0.1, -0.05) is 110 Å². The first-order valence-electron chi connectivity index (χ1n) is 12.2. The van der Waals surface area contributed by atoms with E-state index in [-0.39, 0.29) is 0 Å². The molecule has 0 radical (unpaired) electrons.